The van der Waals surface area contributed by atoms with E-state index in [0.29, 0.717) is 16.3 Å². The molecule has 0 saturated heterocycles. The molecule has 0 aliphatic carbocycles. The Balaban J connectivity index is 1.87. The van der Waals surface area contributed by atoms with Gasteiger partial charge in [-0.2, -0.15) is 0 Å². The molecule has 0 fully saturated rings. The molecule has 0 bridgehead atoms. The van der Waals surface area contributed by atoms with Gasteiger partial charge in [-0.25, -0.2) is 0 Å². The quantitative estimate of drug-likeness (QED) is 0.631. The molecule has 0 heterocycles. The first-order chi connectivity index (χ1) is 13.1. The van der Waals surface area contributed by atoms with Crippen LogP contribution < -0.4 is 10.6 Å². The van der Waals surface area contributed by atoms with Gasteiger partial charge in [0, 0.05) is 16.3 Å². The van der Waals surface area contributed by atoms with E-state index in [1.807, 2.05) is 24.3 Å². The van der Waals surface area contributed by atoms with Crippen LogP contribution in [0.2, 0.25) is 5.02 Å². The Morgan fingerprint density at radius 3 is 2.00 bits per heavy atom. The van der Waals surface area contributed by atoms with Gasteiger partial charge in [0.15, 0.2) is 0 Å². The van der Waals surface area contributed by atoms with Crippen LogP contribution in [0.15, 0.2) is 90.6 Å². The Morgan fingerprint density at radius 2 is 1.37 bits per heavy atom. The molecule has 0 aliphatic rings. The maximum atomic E-state index is 12.7. The van der Waals surface area contributed by atoms with E-state index in [1.54, 1.807) is 66.7 Å². The summed E-state index contributed by atoms with van der Waals surface area (Å²) in [6.07, 6.45) is 1.61. The Bertz CT molecular complexity index is 953. The number of nitrogens with one attached hydrogen (secondary N) is 2. The van der Waals surface area contributed by atoms with E-state index in [4.69, 9.17) is 11.6 Å². The van der Waals surface area contributed by atoms with Crippen LogP contribution in [-0.4, -0.2) is 11.8 Å². The second kappa shape index (κ2) is 8.83. The highest BCUT2D eigenvalue weighted by Gasteiger charge is 2.14. The lowest BCUT2D eigenvalue weighted by atomic mass is 10.1. The third-order valence-electron chi connectivity index (χ3n) is 3.74. The normalized spacial score (nSPS) is 10.9. The van der Waals surface area contributed by atoms with Crippen molar-refractivity contribution < 1.29 is 9.59 Å². The number of hydrogen-bond donors (Lipinski definition) is 2. The molecule has 3 aromatic rings. The monoisotopic (exact) mass is 376 g/mol. The van der Waals surface area contributed by atoms with Gasteiger partial charge >= 0.3 is 0 Å². The van der Waals surface area contributed by atoms with E-state index in [9.17, 15) is 9.59 Å². The van der Waals surface area contributed by atoms with Crippen LogP contribution in [0.4, 0.5) is 5.69 Å². The van der Waals surface area contributed by atoms with Crippen molar-refractivity contribution in [2.75, 3.05) is 5.32 Å². The number of carbonyl (C=O) groups is 2. The van der Waals surface area contributed by atoms with Gasteiger partial charge in [0.2, 0.25) is 0 Å². The minimum Gasteiger partial charge on any atom is -0.321 e. The summed E-state index contributed by atoms with van der Waals surface area (Å²) >= 11 is 5.91. The van der Waals surface area contributed by atoms with Gasteiger partial charge in [-0.1, -0.05) is 60.1 Å². The van der Waals surface area contributed by atoms with Crippen LogP contribution in [0, 0.1) is 0 Å². The standard InChI is InChI=1S/C22H17ClN2O2/c23-18-13-11-16(12-14-18)15-20(22(27)24-19-9-5-2-6-10-19)25-21(26)17-7-3-1-4-8-17/h1-15H,(H,24,27)(H,25,26)/b20-15-. The van der Waals surface area contributed by atoms with E-state index >= 15 is 0 Å². The SMILES string of the molecule is O=C(Nc1ccccc1)/C(=C/c1ccc(Cl)cc1)NC(=O)c1ccccc1. The van der Waals surface area contributed by atoms with Crippen molar-refractivity contribution >= 4 is 35.2 Å². The first kappa shape index (κ1) is 18.4. The molecule has 0 unspecified atom stereocenters. The number of halogens is 1. The lowest BCUT2D eigenvalue weighted by Crippen LogP contribution is -2.30. The molecule has 0 saturated carbocycles. The Labute approximate surface area is 162 Å². The largest absolute Gasteiger partial charge is 0.321 e. The number of para-hydroxylation sites is 1. The second-order valence-corrected chi connectivity index (χ2v) is 6.19. The molecule has 2 N–H and O–H groups in total. The van der Waals surface area contributed by atoms with Gasteiger partial charge < -0.3 is 10.6 Å². The van der Waals surface area contributed by atoms with Gasteiger partial charge in [0.05, 0.1) is 0 Å². The Morgan fingerprint density at radius 1 is 0.778 bits per heavy atom. The van der Waals surface area contributed by atoms with Crippen LogP contribution in [0.5, 0.6) is 0 Å². The van der Waals surface area contributed by atoms with Gasteiger partial charge in [-0.05, 0) is 48.0 Å². The first-order valence-corrected chi connectivity index (χ1v) is 8.70. The third kappa shape index (κ3) is 5.30. The summed E-state index contributed by atoms with van der Waals surface area (Å²) in [5.74, 6) is -0.778. The number of benzene rings is 3. The molecule has 0 radical (unpaired) electrons. The van der Waals surface area contributed by atoms with E-state index < -0.39 is 5.91 Å². The molecule has 5 heteroatoms. The minimum absolute atomic E-state index is 0.134. The number of hydrogen-bond acceptors (Lipinski definition) is 2. The average Bonchev–Trinajstić information content (AvgIpc) is 2.70. The summed E-state index contributed by atoms with van der Waals surface area (Å²) in [5.41, 5.74) is 1.98. The zero-order valence-corrected chi connectivity index (χ0v) is 15.1. The summed E-state index contributed by atoms with van der Waals surface area (Å²) < 4.78 is 0. The molecule has 0 atom stereocenters. The number of anilines is 1. The summed E-state index contributed by atoms with van der Waals surface area (Å²) in [5, 5.41) is 6.07. The Kier molecular flexibility index (Phi) is 6.02. The molecule has 0 aromatic heterocycles. The molecule has 27 heavy (non-hydrogen) atoms. The first-order valence-electron chi connectivity index (χ1n) is 8.32. The predicted molar refractivity (Wildman–Crippen MR) is 108 cm³/mol. The van der Waals surface area contributed by atoms with Crippen LogP contribution in [0.1, 0.15) is 15.9 Å². The molecular weight excluding hydrogens is 360 g/mol. The van der Waals surface area contributed by atoms with Crippen LogP contribution >= 0.6 is 11.6 Å². The lowest BCUT2D eigenvalue weighted by Gasteiger charge is -2.11. The fraction of sp³-hybridized carbons (Fsp3) is 0. The molecule has 134 valence electrons. The second-order valence-electron chi connectivity index (χ2n) is 5.75. The topological polar surface area (TPSA) is 58.2 Å². The van der Waals surface area contributed by atoms with Crippen molar-refractivity contribution in [2.24, 2.45) is 0 Å². The lowest BCUT2D eigenvalue weighted by molar-refractivity contribution is -0.113. The number of rotatable bonds is 5. The molecule has 0 spiro atoms. The van der Waals surface area contributed by atoms with Crippen LogP contribution in [0.25, 0.3) is 6.08 Å². The van der Waals surface area contributed by atoms with Gasteiger partial charge in [0.25, 0.3) is 11.8 Å². The summed E-state index contributed by atoms with van der Waals surface area (Å²) in [7, 11) is 0. The molecule has 3 aromatic carbocycles. The maximum absolute atomic E-state index is 12.7. The highest BCUT2D eigenvalue weighted by Crippen LogP contribution is 2.14. The molecule has 4 nitrogen and oxygen atoms in total. The van der Waals surface area contributed by atoms with Crippen LogP contribution in [0.3, 0.4) is 0 Å². The smallest absolute Gasteiger partial charge is 0.272 e. The predicted octanol–water partition coefficient (Wildman–Crippen LogP) is 4.75. The fourth-order valence-electron chi connectivity index (χ4n) is 2.39. The highest BCUT2D eigenvalue weighted by molar-refractivity contribution is 6.30. The number of amides is 2. The van der Waals surface area contributed by atoms with Gasteiger partial charge in [-0.15, -0.1) is 0 Å². The van der Waals surface area contributed by atoms with Crippen molar-refractivity contribution in [3.05, 3.63) is 107 Å². The fourth-order valence-corrected chi connectivity index (χ4v) is 2.51. The summed E-state index contributed by atoms with van der Waals surface area (Å²) in [6, 6.07) is 24.8. The van der Waals surface area contributed by atoms with E-state index in [1.165, 1.54) is 0 Å². The van der Waals surface area contributed by atoms with Crippen molar-refractivity contribution in [3.63, 3.8) is 0 Å². The zero-order chi connectivity index (χ0) is 19.1. The van der Waals surface area contributed by atoms with E-state index in [2.05, 4.69) is 10.6 Å². The summed E-state index contributed by atoms with van der Waals surface area (Å²) in [4.78, 5) is 25.2. The highest BCUT2D eigenvalue weighted by atomic mass is 35.5. The van der Waals surface area contributed by atoms with Gasteiger partial charge in [-0.3, -0.25) is 9.59 Å². The van der Waals surface area contributed by atoms with Gasteiger partial charge in [0.1, 0.15) is 5.70 Å². The number of carbonyl (C=O) groups excluding carboxylic acids is 2. The summed E-state index contributed by atoms with van der Waals surface area (Å²) in [6.45, 7) is 0. The molecular formula is C22H17ClN2O2. The van der Waals surface area contributed by atoms with Crippen molar-refractivity contribution in [3.8, 4) is 0 Å². The van der Waals surface area contributed by atoms with Crippen molar-refractivity contribution in [1.82, 2.24) is 5.32 Å². The van der Waals surface area contributed by atoms with Crippen LogP contribution in [-0.2, 0) is 4.79 Å². The zero-order valence-electron chi connectivity index (χ0n) is 14.4. The minimum atomic E-state index is -0.416. The molecule has 0 aliphatic heterocycles. The van der Waals surface area contributed by atoms with E-state index in [0.717, 1.165) is 5.56 Å². The average molecular weight is 377 g/mol. The Hall–Kier alpha value is -3.37. The van der Waals surface area contributed by atoms with E-state index in [-0.39, 0.29) is 11.6 Å². The maximum Gasteiger partial charge on any atom is 0.272 e. The van der Waals surface area contributed by atoms with Crippen molar-refractivity contribution in [2.45, 2.75) is 0 Å². The van der Waals surface area contributed by atoms with Crippen molar-refractivity contribution in [1.29, 1.82) is 0 Å². The third-order valence-corrected chi connectivity index (χ3v) is 3.99. The molecule has 2 amide bonds. The molecule has 3 rings (SSSR count).